The number of nitrogens with zero attached hydrogens (tertiary/aromatic N) is 3. The molecule has 0 bridgehead atoms. The Balaban J connectivity index is 1.95. The molecule has 6 heteroatoms. The predicted molar refractivity (Wildman–Crippen MR) is 104 cm³/mol. The van der Waals surface area contributed by atoms with Gasteiger partial charge in [0.1, 0.15) is 11.5 Å². The van der Waals surface area contributed by atoms with Crippen molar-refractivity contribution >= 4 is 11.6 Å². The highest BCUT2D eigenvalue weighted by molar-refractivity contribution is 6.32. The van der Waals surface area contributed by atoms with Crippen molar-refractivity contribution in [3.8, 4) is 45.7 Å². The van der Waals surface area contributed by atoms with Crippen molar-refractivity contribution in [3.63, 3.8) is 0 Å². The Hall–Kier alpha value is -3.44. The van der Waals surface area contributed by atoms with Gasteiger partial charge in [-0.1, -0.05) is 72.3 Å². The summed E-state index contributed by atoms with van der Waals surface area (Å²) in [4.78, 5) is 13.6. The quantitative estimate of drug-likeness (QED) is 0.530. The van der Waals surface area contributed by atoms with Crippen LogP contribution in [0.25, 0.3) is 34.2 Å². The van der Waals surface area contributed by atoms with Gasteiger partial charge in [0.2, 0.25) is 0 Å². The standard InChI is InChI=1S/C21H14ClN3O2/c22-16-11-15(17(26)12-18(16)27)21-24-19(13-7-3-1-4-8-13)23-20(25-21)14-9-5-2-6-10-14/h1-12,26-27H. The fraction of sp³-hybridized carbons (Fsp3) is 0. The van der Waals surface area contributed by atoms with Crippen LogP contribution in [0.5, 0.6) is 11.5 Å². The highest BCUT2D eigenvalue weighted by atomic mass is 35.5. The van der Waals surface area contributed by atoms with Crippen LogP contribution in [0.4, 0.5) is 0 Å². The summed E-state index contributed by atoms with van der Waals surface area (Å²) in [6, 6.07) is 21.6. The smallest absolute Gasteiger partial charge is 0.167 e. The van der Waals surface area contributed by atoms with Gasteiger partial charge in [-0.25, -0.2) is 15.0 Å². The summed E-state index contributed by atoms with van der Waals surface area (Å²) < 4.78 is 0. The molecule has 0 amide bonds. The van der Waals surface area contributed by atoms with Gasteiger partial charge in [-0.05, 0) is 6.07 Å². The first-order chi connectivity index (χ1) is 13.1. The van der Waals surface area contributed by atoms with Crippen LogP contribution in [-0.2, 0) is 0 Å². The Morgan fingerprint density at radius 1 is 0.593 bits per heavy atom. The molecule has 4 rings (SSSR count). The summed E-state index contributed by atoms with van der Waals surface area (Å²) in [6.07, 6.45) is 0. The summed E-state index contributed by atoms with van der Waals surface area (Å²) in [6.45, 7) is 0. The van der Waals surface area contributed by atoms with Gasteiger partial charge < -0.3 is 10.2 Å². The van der Waals surface area contributed by atoms with E-state index in [2.05, 4.69) is 15.0 Å². The molecule has 4 aromatic rings. The van der Waals surface area contributed by atoms with Crippen molar-refractivity contribution in [1.82, 2.24) is 15.0 Å². The number of aromatic hydroxyl groups is 2. The fourth-order valence-corrected chi connectivity index (χ4v) is 2.82. The number of phenolic OH excluding ortho intramolecular Hbond substituents is 2. The lowest BCUT2D eigenvalue weighted by atomic mass is 10.1. The van der Waals surface area contributed by atoms with Crippen molar-refractivity contribution in [3.05, 3.63) is 77.8 Å². The number of benzene rings is 3. The third-order valence-electron chi connectivity index (χ3n) is 4.01. The molecule has 3 aromatic carbocycles. The first-order valence-electron chi connectivity index (χ1n) is 8.20. The van der Waals surface area contributed by atoms with Gasteiger partial charge in [0.15, 0.2) is 17.5 Å². The third-order valence-corrected chi connectivity index (χ3v) is 4.31. The van der Waals surface area contributed by atoms with Crippen LogP contribution in [0.2, 0.25) is 5.02 Å². The monoisotopic (exact) mass is 375 g/mol. The average Bonchev–Trinajstić information content (AvgIpc) is 2.72. The predicted octanol–water partition coefficient (Wildman–Crippen LogP) is 4.94. The third kappa shape index (κ3) is 3.45. The van der Waals surface area contributed by atoms with Gasteiger partial charge in [0, 0.05) is 17.2 Å². The Morgan fingerprint density at radius 2 is 1.07 bits per heavy atom. The molecule has 5 nitrogen and oxygen atoms in total. The lowest BCUT2D eigenvalue weighted by molar-refractivity contribution is 0.452. The lowest BCUT2D eigenvalue weighted by Crippen LogP contribution is -2.00. The zero-order valence-corrected chi connectivity index (χ0v) is 14.8. The Labute approximate surface area is 160 Å². The molecular weight excluding hydrogens is 362 g/mol. The fourth-order valence-electron chi connectivity index (χ4n) is 2.66. The average molecular weight is 376 g/mol. The lowest BCUT2D eigenvalue weighted by Gasteiger charge is -2.10. The summed E-state index contributed by atoms with van der Waals surface area (Å²) in [5.74, 6) is 0.841. The molecular formula is C21H14ClN3O2. The van der Waals surface area contributed by atoms with Crippen molar-refractivity contribution in [2.24, 2.45) is 0 Å². The molecule has 0 saturated heterocycles. The molecule has 1 heterocycles. The zero-order chi connectivity index (χ0) is 18.8. The van der Waals surface area contributed by atoms with Gasteiger partial charge in [-0.15, -0.1) is 0 Å². The first-order valence-corrected chi connectivity index (χ1v) is 8.58. The second kappa shape index (κ2) is 7.05. The number of hydrogen-bond donors (Lipinski definition) is 2. The van der Waals surface area contributed by atoms with Crippen molar-refractivity contribution in [2.75, 3.05) is 0 Å². The van der Waals surface area contributed by atoms with E-state index in [0.29, 0.717) is 17.2 Å². The zero-order valence-electron chi connectivity index (χ0n) is 14.0. The Bertz CT molecular complexity index is 1050. The Morgan fingerprint density at radius 3 is 1.59 bits per heavy atom. The van der Waals surface area contributed by atoms with E-state index in [0.717, 1.165) is 11.1 Å². The van der Waals surface area contributed by atoms with E-state index in [1.165, 1.54) is 12.1 Å². The number of rotatable bonds is 3. The van der Waals surface area contributed by atoms with E-state index in [1.54, 1.807) is 0 Å². The van der Waals surface area contributed by atoms with E-state index in [4.69, 9.17) is 11.6 Å². The van der Waals surface area contributed by atoms with Crippen molar-refractivity contribution < 1.29 is 10.2 Å². The van der Waals surface area contributed by atoms with E-state index >= 15 is 0 Å². The molecule has 0 aliphatic rings. The topological polar surface area (TPSA) is 79.1 Å². The summed E-state index contributed by atoms with van der Waals surface area (Å²) in [5, 5.41) is 20.1. The van der Waals surface area contributed by atoms with Crippen LogP contribution in [0.3, 0.4) is 0 Å². The molecule has 0 aliphatic heterocycles. The molecule has 0 aliphatic carbocycles. The number of aromatic nitrogens is 3. The molecule has 0 unspecified atom stereocenters. The summed E-state index contributed by atoms with van der Waals surface area (Å²) >= 11 is 6.02. The van der Waals surface area contributed by atoms with Crippen LogP contribution in [-0.4, -0.2) is 25.2 Å². The second-order valence-electron chi connectivity index (χ2n) is 5.86. The molecule has 0 radical (unpaired) electrons. The SMILES string of the molecule is Oc1cc(O)c(-c2nc(-c3ccccc3)nc(-c3ccccc3)n2)cc1Cl. The molecule has 27 heavy (non-hydrogen) atoms. The van der Waals surface area contributed by atoms with Gasteiger partial charge in [0.05, 0.1) is 10.6 Å². The first kappa shape index (κ1) is 17.0. The normalized spacial score (nSPS) is 10.7. The van der Waals surface area contributed by atoms with Gasteiger partial charge in [-0.2, -0.15) is 0 Å². The van der Waals surface area contributed by atoms with Gasteiger partial charge in [0.25, 0.3) is 0 Å². The van der Waals surface area contributed by atoms with E-state index < -0.39 is 0 Å². The van der Waals surface area contributed by atoms with E-state index in [-0.39, 0.29) is 22.3 Å². The summed E-state index contributed by atoms with van der Waals surface area (Å²) in [5.41, 5.74) is 1.96. The minimum absolute atomic E-state index is 0.103. The van der Waals surface area contributed by atoms with Gasteiger partial charge in [-0.3, -0.25) is 0 Å². The molecule has 0 saturated carbocycles. The molecule has 2 N–H and O–H groups in total. The van der Waals surface area contributed by atoms with E-state index in [1.807, 2.05) is 60.7 Å². The van der Waals surface area contributed by atoms with Crippen LogP contribution in [0, 0.1) is 0 Å². The van der Waals surface area contributed by atoms with Crippen molar-refractivity contribution in [1.29, 1.82) is 0 Å². The molecule has 132 valence electrons. The number of phenols is 2. The second-order valence-corrected chi connectivity index (χ2v) is 6.27. The van der Waals surface area contributed by atoms with Crippen molar-refractivity contribution in [2.45, 2.75) is 0 Å². The maximum atomic E-state index is 10.3. The van der Waals surface area contributed by atoms with Gasteiger partial charge >= 0.3 is 0 Å². The minimum Gasteiger partial charge on any atom is -0.507 e. The molecule has 0 fully saturated rings. The Kier molecular flexibility index (Phi) is 4.44. The maximum absolute atomic E-state index is 10.3. The molecule has 0 spiro atoms. The molecule has 1 aromatic heterocycles. The minimum atomic E-state index is -0.210. The van der Waals surface area contributed by atoms with E-state index in [9.17, 15) is 10.2 Å². The number of halogens is 1. The highest BCUT2D eigenvalue weighted by Crippen LogP contribution is 2.36. The van der Waals surface area contributed by atoms with Crippen LogP contribution in [0.1, 0.15) is 0 Å². The van der Waals surface area contributed by atoms with Crippen LogP contribution < -0.4 is 0 Å². The molecule has 0 atom stereocenters. The summed E-state index contributed by atoms with van der Waals surface area (Å²) in [7, 11) is 0. The highest BCUT2D eigenvalue weighted by Gasteiger charge is 2.16. The number of hydrogen-bond acceptors (Lipinski definition) is 5. The largest absolute Gasteiger partial charge is 0.507 e. The van der Waals surface area contributed by atoms with Crippen LogP contribution >= 0.6 is 11.6 Å². The maximum Gasteiger partial charge on any atom is 0.167 e. The van der Waals surface area contributed by atoms with Crippen LogP contribution in [0.15, 0.2) is 72.8 Å².